The highest BCUT2D eigenvalue weighted by molar-refractivity contribution is 6.39. The summed E-state index contributed by atoms with van der Waals surface area (Å²) in [5.74, 6) is -9.73. The number of ketones is 1. The number of likely N-dealkylation sites (N-methyl/N-ethyl adjacent to an activating group) is 1. The Morgan fingerprint density at radius 3 is 2.41 bits per heavy atom. The van der Waals surface area contributed by atoms with Gasteiger partial charge >= 0.3 is 0 Å². The molecule has 0 aromatic heterocycles. The number of piperidine rings is 1. The van der Waals surface area contributed by atoms with Gasteiger partial charge in [-0.15, -0.1) is 0 Å². The van der Waals surface area contributed by atoms with Crippen LogP contribution in [0.4, 0.5) is 13.2 Å². The molecule has 3 atom stereocenters. The number of hydrogen-bond acceptors (Lipinski definition) is 6. The number of Topliss-reactive ketones (excluding diaryl/α,β-unsaturated/α-hetero) is 1. The van der Waals surface area contributed by atoms with Crippen molar-refractivity contribution >= 4 is 29.4 Å². The van der Waals surface area contributed by atoms with Gasteiger partial charge in [0.1, 0.15) is 17.9 Å². The Morgan fingerprint density at radius 1 is 1.19 bits per heavy atom. The van der Waals surface area contributed by atoms with E-state index in [4.69, 9.17) is 4.74 Å². The number of nitrogens with zero attached hydrogens (tertiary/aromatic N) is 1. The molecule has 2 aliphatic rings. The fourth-order valence-electron chi connectivity index (χ4n) is 4.52. The second-order valence-corrected chi connectivity index (χ2v) is 9.82. The highest BCUT2D eigenvalue weighted by atomic mass is 19.1. The summed E-state index contributed by atoms with van der Waals surface area (Å²) in [6.45, 7) is 3.29. The molecule has 2 aliphatic heterocycles. The maximum Gasteiger partial charge on any atom is 0.289 e. The lowest BCUT2D eigenvalue weighted by molar-refractivity contribution is -0.148. The van der Waals surface area contributed by atoms with Gasteiger partial charge < -0.3 is 25.6 Å². The number of carbonyl (C=O) groups is 5. The predicted octanol–water partition coefficient (Wildman–Crippen LogP) is 0.436. The smallest absolute Gasteiger partial charge is 0.289 e. The lowest BCUT2D eigenvalue weighted by Crippen LogP contribution is -2.60. The van der Waals surface area contributed by atoms with Gasteiger partial charge in [0.15, 0.2) is 24.0 Å². The van der Waals surface area contributed by atoms with Crippen LogP contribution in [0.2, 0.25) is 0 Å². The molecule has 2 fully saturated rings. The van der Waals surface area contributed by atoms with E-state index in [1.807, 2.05) is 13.8 Å². The van der Waals surface area contributed by atoms with Crippen molar-refractivity contribution < 1.29 is 41.9 Å². The second-order valence-electron chi connectivity index (χ2n) is 9.82. The molecule has 0 bridgehead atoms. The molecule has 1 aromatic rings. The van der Waals surface area contributed by atoms with E-state index in [-0.39, 0.29) is 31.3 Å². The van der Waals surface area contributed by atoms with Crippen molar-refractivity contribution in [3.63, 3.8) is 0 Å². The topological polar surface area (TPSA) is 134 Å². The summed E-state index contributed by atoms with van der Waals surface area (Å²) in [4.78, 5) is 64.5. The number of likely N-dealkylation sites (tertiary alicyclic amines) is 1. The van der Waals surface area contributed by atoms with E-state index < -0.39 is 77.2 Å². The molecule has 0 aliphatic carbocycles. The fraction of sp³-hybridized carbons (Fsp3) is 0.542. The summed E-state index contributed by atoms with van der Waals surface area (Å²) in [6.07, 6.45) is 0.878. The SMILES string of the molecule is CNC(=O)C(=O)C(NC(=O)[C@@H]1CC(C)(C)CCN1C(=O)COc1c(F)cc(F)cc1F)C1CCNC1=O. The molecule has 1 aromatic carbocycles. The first-order valence-electron chi connectivity index (χ1n) is 11.8. The molecular weight excluding hydrogens is 497 g/mol. The third kappa shape index (κ3) is 6.38. The molecule has 2 heterocycles. The first-order chi connectivity index (χ1) is 17.3. The molecule has 202 valence electrons. The van der Waals surface area contributed by atoms with Gasteiger partial charge in [-0.3, -0.25) is 24.0 Å². The summed E-state index contributed by atoms with van der Waals surface area (Å²) in [5, 5.41) is 7.23. The minimum atomic E-state index is -1.45. The number of hydrogen-bond donors (Lipinski definition) is 3. The summed E-state index contributed by atoms with van der Waals surface area (Å²) in [7, 11) is 1.24. The zero-order chi connectivity index (χ0) is 27.5. The number of halogens is 3. The van der Waals surface area contributed by atoms with Crippen molar-refractivity contribution in [1.82, 2.24) is 20.9 Å². The van der Waals surface area contributed by atoms with Crippen molar-refractivity contribution in [3.8, 4) is 5.75 Å². The van der Waals surface area contributed by atoms with Crippen molar-refractivity contribution in [3.05, 3.63) is 29.6 Å². The van der Waals surface area contributed by atoms with Crippen LogP contribution in [0.25, 0.3) is 0 Å². The Hall–Kier alpha value is -3.64. The van der Waals surface area contributed by atoms with Gasteiger partial charge in [-0.25, -0.2) is 13.2 Å². The Kier molecular flexibility index (Phi) is 8.44. The highest BCUT2D eigenvalue weighted by Crippen LogP contribution is 2.34. The maximum absolute atomic E-state index is 13.9. The molecule has 2 saturated heterocycles. The lowest BCUT2D eigenvalue weighted by Gasteiger charge is -2.43. The Balaban J connectivity index is 1.80. The number of ether oxygens (including phenoxy) is 1. The Bertz CT molecular complexity index is 1090. The lowest BCUT2D eigenvalue weighted by atomic mass is 9.78. The average Bonchev–Trinajstić information content (AvgIpc) is 3.25. The monoisotopic (exact) mass is 526 g/mol. The van der Waals surface area contributed by atoms with Gasteiger partial charge in [-0.1, -0.05) is 13.8 Å². The quantitative estimate of drug-likeness (QED) is 0.421. The average molecular weight is 527 g/mol. The first-order valence-corrected chi connectivity index (χ1v) is 11.8. The number of rotatable bonds is 8. The minimum Gasteiger partial charge on any atom is -0.478 e. The molecule has 4 amide bonds. The minimum absolute atomic E-state index is 0.0969. The zero-order valence-corrected chi connectivity index (χ0v) is 20.7. The largest absolute Gasteiger partial charge is 0.478 e. The van der Waals surface area contributed by atoms with Crippen molar-refractivity contribution in [2.24, 2.45) is 11.3 Å². The third-order valence-corrected chi connectivity index (χ3v) is 6.60. The molecule has 37 heavy (non-hydrogen) atoms. The Labute approximate surface area is 211 Å². The van der Waals surface area contributed by atoms with E-state index in [0.717, 1.165) is 4.90 Å². The van der Waals surface area contributed by atoms with Crippen LogP contribution >= 0.6 is 0 Å². The van der Waals surface area contributed by atoms with E-state index in [1.54, 1.807) is 0 Å². The van der Waals surface area contributed by atoms with E-state index in [2.05, 4.69) is 16.0 Å². The molecule has 3 N–H and O–H groups in total. The highest BCUT2D eigenvalue weighted by Gasteiger charge is 2.44. The molecule has 3 rings (SSSR count). The molecule has 2 unspecified atom stereocenters. The van der Waals surface area contributed by atoms with Crippen LogP contribution in [-0.4, -0.2) is 73.1 Å². The molecule has 0 spiro atoms. The number of amides is 4. The van der Waals surface area contributed by atoms with Crippen LogP contribution in [0.1, 0.15) is 33.1 Å². The second kappa shape index (κ2) is 11.2. The van der Waals surface area contributed by atoms with Gasteiger partial charge in [0.25, 0.3) is 11.8 Å². The Morgan fingerprint density at radius 2 is 1.84 bits per heavy atom. The third-order valence-electron chi connectivity index (χ3n) is 6.60. The van der Waals surface area contributed by atoms with E-state index >= 15 is 0 Å². The first kappa shape index (κ1) is 27.9. The van der Waals surface area contributed by atoms with Gasteiger partial charge in [0.2, 0.25) is 17.6 Å². The van der Waals surface area contributed by atoms with E-state index in [1.165, 1.54) is 7.05 Å². The van der Waals surface area contributed by atoms with Crippen LogP contribution in [-0.2, 0) is 24.0 Å². The normalized spacial score (nSPS) is 21.6. The molecule has 10 nitrogen and oxygen atoms in total. The summed E-state index contributed by atoms with van der Waals surface area (Å²) < 4.78 is 46.0. The van der Waals surface area contributed by atoms with Crippen molar-refractivity contribution in [2.75, 3.05) is 26.7 Å². The van der Waals surface area contributed by atoms with E-state index in [9.17, 15) is 37.1 Å². The van der Waals surface area contributed by atoms with Crippen LogP contribution in [0.5, 0.6) is 5.75 Å². The summed E-state index contributed by atoms with van der Waals surface area (Å²) in [6, 6.07) is -1.75. The van der Waals surface area contributed by atoms with Crippen molar-refractivity contribution in [2.45, 2.75) is 45.2 Å². The van der Waals surface area contributed by atoms with Crippen LogP contribution < -0.4 is 20.7 Å². The summed E-state index contributed by atoms with van der Waals surface area (Å²) in [5.41, 5.74) is -0.389. The van der Waals surface area contributed by atoms with Crippen LogP contribution in [0.3, 0.4) is 0 Å². The van der Waals surface area contributed by atoms with Crippen LogP contribution in [0.15, 0.2) is 12.1 Å². The van der Waals surface area contributed by atoms with E-state index in [0.29, 0.717) is 18.6 Å². The molecule has 0 saturated carbocycles. The maximum atomic E-state index is 13.9. The molecule has 0 radical (unpaired) electrons. The number of nitrogens with one attached hydrogen (secondary N) is 3. The summed E-state index contributed by atoms with van der Waals surface area (Å²) >= 11 is 0. The zero-order valence-electron chi connectivity index (χ0n) is 20.7. The van der Waals surface area contributed by atoms with Gasteiger partial charge in [-0.05, 0) is 24.7 Å². The van der Waals surface area contributed by atoms with Gasteiger partial charge in [0, 0.05) is 32.3 Å². The van der Waals surface area contributed by atoms with Crippen molar-refractivity contribution in [1.29, 1.82) is 0 Å². The number of carbonyl (C=O) groups excluding carboxylic acids is 5. The number of benzene rings is 1. The predicted molar refractivity (Wildman–Crippen MR) is 122 cm³/mol. The standard InChI is InChI=1S/C24H29F3N4O6/c1-24(2)5-7-31(17(32)11-37-20-14(26)8-12(25)9-15(20)27)16(10-24)22(35)30-18(19(33)23(36)28-3)13-4-6-29-21(13)34/h8-9,13,16,18H,4-7,10-11H2,1-3H3,(H,28,36)(H,29,34)(H,30,35)/t13?,16-,18?/m0/s1. The fourth-order valence-corrected chi connectivity index (χ4v) is 4.52. The van der Waals surface area contributed by atoms with Gasteiger partial charge in [0.05, 0.1) is 5.92 Å². The van der Waals surface area contributed by atoms with Crippen LogP contribution in [0, 0.1) is 28.8 Å². The molecular formula is C24H29F3N4O6. The van der Waals surface area contributed by atoms with Gasteiger partial charge in [-0.2, -0.15) is 0 Å². The molecule has 13 heteroatoms.